The predicted molar refractivity (Wildman–Crippen MR) is 94.9 cm³/mol. The summed E-state index contributed by atoms with van der Waals surface area (Å²) in [5.74, 6) is 3.26. The van der Waals surface area contributed by atoms with Crippen molar-refractivity contribution in [3.8, 4) is 0 Å². The highest BCUT2D eigenvalue weighted by Gasteiger charge is 2.42. The fourth-order valence-electron chi connectivity index (χ4n) is 4.54. The Kier molecular flexibility index (Phi) is 5.13. The molecular formula is C20H30N2O3. The Labute approximate surface area is 150 Å². The molecule has 1 aromatic heterocycles. The SMILES string of the molecule is CN1C[C@@H](COCC2CC2)[C@@H]2CCN(Cc3ccco3)CC[C@@H]2C1=O. The van der Waals surface area contributed by atoms with Crippen molar-refractivity contribution in [2.75, 3.05) is 39.9 Å². The molecule has 4 rings (SSSR count). The Bertz CT molecular complexity index is 570. The molecule has 3 atom stereocenters. The third-order valence-corrected chi connectivity index (χ3v) is 6.20. The van der Waals surface area contributed by atoms with Crippen molar-refractivity contribution < 1.29 is 13.9 Å². The van der Waals surface area contributed by atoms with Gasteiger partial charge in [-0.3, -0.25) is 9.69 Å². The number of furan rings is 1. The van der Waals surface area contributed by atoms with Gasteiger partial charge in [-0.2, -0.15) is 0 Å². The second-order valence-corrected chi connectivity index (χ2v) is 8.16. The lowest BCUT2D eigenvalue weighted by Gasteiger charge is -2.41. The molecule has 3 heterocycles. The molecule has 1 aromatic rings. The number of amides is 1. The van der Waals surface area contributed by atoms with E-state index in [0.29, 0.717) is 17.7 Å². The third kappa shape index (κ3) is 4.09. The molecule has 3 fully saturated rings. The highest BCUT2D eigenvalue weighted by molar-refractivity contribution is 5.79. The molecule has 2 saturated heterocycles. The van der Waals surface area contributed by atoms with Crippen LogP contribution in [0.1, 0.15) is 31.4 Å². The second kappa shape index (κ2) is 7.50. The van der Waals surface area contributed by atoms with Gasteiger partial charge in [0, 0.05) is 32.0 Å². The van der Waals surface area contributed by atoms with E-state index in [4.69, 9.17) is 9.15 Å². The van der Waals surface area contributed by atoms with E-state index in [9.17, 15) is 4.79 Å². The number of likely N-dealkylation sites (tertiary alicyclic amines) is 2. The Balaban J connectivity index is 1.38. The first-order chi connectivity index (χ1) is 12.2. The van der Waals surface area contributed by atoms with Gasteiger partial charge in [0.05, 0.1) is 19.4 Å². The summed E-state index contributed by atoms with van der Waals surface area (Å²) in [6, 6.07) is 3.98. The Hall–Kier alpha value is -1.33. The minimum atomic E-state index is 0.162. The van der Waals surface area contributed by atoms with Crippen LogP contribution >= 0.6 is 0 Å². The van der Waals surface area contributed by atoms with Gasteiger partial charge < -0.3 is 14.1 Å². The van der Waals surface area contributed by atoms with Crippen LogP contribution in [-0.4, -0.2) is 55.6 Å². The maximum atomic E-state index is 12.7. The highest BCUT2D eigenvalue weighted by atomic mass is 16.5. The molecule has 1 amide bonds. The van der Waals surface area contributed by atoms with Crippen molar-refractivity contribution in [2.45, 2.75) is 32.2 Å². The second-order valence-electron chi connectivity index (χ2n) is 8.16. The molecule has 0 bridgehead atoms. The minimum absolute atomic E-state index is 0.162. The van der Waals surface area contributed by atoms with Crippen molar-refractivity contribution in [1.29, 1.82) is 0 Å². The number of hydrogen-bond acceptors (Lipinski definition) is 4. The fourth-order valence-corrected chi connectivity index (χ4v) is 4.54. The average molecular weight is 346 g/mol. The van der Waals surface area contributed by atoms with E-state index >= 15 is 0 Å². The molecule has 5 heteroatoms. The molecule has 2 aliphatic heterocycles. The van der Waals surface area contributed by atoms with Gasteiger partial charge in [0.1, 0.15) is 5.76 Å². The first-order valence-electron chi connectivity index (χ1n) is 9.78. The molecule has 25 heavy (non-hydrogen) atoms. The Morgan fingerprint density at radius 1 is 1.20 bits per heavy atom. The number of carbonyl (C=O) groups is 1. The molecule has 138 valence electrons. The molecule has 3 aliphatic rings. The lowest BCUT2D eigenvalue weighted by atomic mass is 9.75. The number of hydrogen-bond donors (Lipinski definition) is 0. The summed E-state index contributed by atoms with van der Waals surface area (Å²) in [7, 11) is 1.96. The van der Waals surface area contributed by atoms with Crippen molar-refractivity contribution in [2.24, 2.45) is 23.7 Å². The topological polar surface area (TPSA) is 45.9 Å². The molecule has 1 aliphatic carbocycles. The van der Waals surface area contributed by atoms with Crippen molar-refractivity contribution in [3.05, 3.63) is 24.2 Å². The largest absolute Gasteiger partial charge is 0.468 e. The molecule has 0 radical (unpaired) electrons. The maximum absolute atomic E-state index is 12.7. The van der Waals surface area contributed by atoms with Crippen molar-refractivity contribution in [3.63, 3.8) is 0 Å². The van der Waals surface area contributed by atoms with Crippen LogP contribution in [0, 0.1) is 23.7 Å². The number of rotatable bonds is 6. The van der Waals surface area contributed by atoms with Crippen LogP contribution in [0.5, 0.6) is 0 Å². The summed E-state index contributed by atoms with van der Waals surface area (Å²) >= 11 is 0. The first kappa shape index (κ1) is 17.1. The standard InChI is InChI=1S/C20H30N2O3/c1-21-11-16(14-24-13-15-4-5-15)18-6-8-22(9-7-19(18)20(21)23)12-17-3-2-10-25-17/h2-3,10,15-16,18-19H,4-9,11-14H2,1H3/t16-,18-,19-/m0/s1. The summed E-state index contributed by atoms with van der Waals surface area (Å²) in [4.78, 5) is 17.1. The number of fused-ring (bicyclic) bond motifs is 1. The van der Waals surface area contributed by atoms with Crippen molar-refractivity contribution in [1.82, 2.24) is 9.80 Å². The van der Waals surface area contributed by atoms with Gasteiger partial charge in [0.2, 0.25) is 5.91 Å². The van der Waals surface area contributed by atoms with Gasteiger partial charge in [-0.25, -0.2) is 0 Å². The number of carbonyl (C=O) groups excluding carboxylic acids is 1. The summed E-state index contributed by atoms with van der Waals surface area (Å²) in [5.41, 5.74) is 0. The van der Waals surface area contributed by atoms with Crippen LogP contribution in [0.3, 0.4) is 0 Å². The average Bonchev–Trinajstić information content (AvgIpc) is 3.33. The molecule has 0 unspecified atom stereocenters. The summed E-state index contributed by atoms with van der Waals surface area (Å²) < 4.78 is 11.5. The van der Waals surface area contributed by atoms with Gasteiger partial charge in [-0.1, -0.05) is 0 Å². The number of ether oxygens (including phenoxy) is 1. The molecule has 5 nitrogen and oxygen atoms in total. The molecule has 1 saturated carbocycles. The van der Waals surface area contributed by atoms with Gasteiger partial charge in [0.15, 0.2) is 0 Å². The lowest BCUT2D eigenvalue weighted by Crippen LogP contribution is -2.50. The molecule has 0 spiro atoms. The van der Waals surface area contributed by atoms with Gasteiger partial charge in [-0.05, 0) is 62.7 Å². The van der Waals surface area contributed by atoms with E-state index in [2.05, 4.69) is 4.90 Å². The van der Waals surface area contributed by atoms with E-state index in [-0.39, 0.29) is 5.92 Å². The van der Waals surface area contributed by atoms with Gasteiger partial charge in [0.25, 0.3) is 0 Å². The van der Waals surface area contributed by atoms with Crippen molar-refractivity contribution >= 4 is 5.91 Å². The van der Waals surface area contributed by atoms with Crippen LogP contribution in [-0.2, 0) is 16.1 Å². The molecule has 0 N–H and O–H groups in total. The Morgan fingerprint density at radius 3 is 2.80 bits per heavy atom. The van der Waals surface area contributed by atoms with Gasteiger partial charge in [-0.15, -0.1) is 0 Å². The minimum Gasteiger partial charge on any atom is -0.468 e. The zero-order chi connectivity index (χ0) is 17.2. The van der Waals surface area contributed by atoms with Crippen LogP contribution in [0.25, 0.3) is 0 Å². The fraction of sp³-hybridized carbons (Fsp3) is 0.750. The van der Waals surface area contributed by atoms with E-state index < -0.39 is 0 Å². The number of piperidine rings is 1. The maximum Gasteiger partial charge on any atom is 0.225 e. The normalized spacial score (nSPS) is 31.0. The van der Waals surface area contributed by atoms with Crippen LogP contribution < -0.4 is 0 Å². The quantitative estimate of drug-likeness (QED) is 0.794. The number of nitrogens with zero attached hydrogens (tertiary/aromatic N) is 2. The monoisotopic (exact) mass is 346 g/mol. The molecule has 0 aromatic carbocycles. The first-order valence-corrected chi connectivity index (χ1v) is 9.78. The van der Waals surface area contributed by atoms with E-state index in [1.54, 1.807) is 6.26 Å². The van der Waals surface area contributed by atoms with Crippen LogP contribution in [0.4, 0.5) is 0 Å². The highest BCUT2D eigenvalue weighted by Crippen LogP contribution is 2.37. The van der Waals surface area contributed by atoms with Crippen LogP contribution in [0.15, 0.2) is 22.8 Å². The summed E-state index contributed by atoms with van der Waals surface area (Å²) in [6.45, 7) is 5.43. The zero-order valence-corrected chi connectivity index (χ0v) is 15.2. The molecular weight excluding hydrogens is 316 g/mol. The van der Waals surface area contributed by atoms with E-state index in [1.807, 2.05) is 24.1 Å². The lowest BCUT2D eigenvalue weighted by molar-refractivity contribution is -0.144. The summed E-state index contributed by atoms with van der Waals surface area (Å²) in [6.07, 6.45) is 6.43. The smallest absolute Gasteiger partial charge is 0.225 e. The van der Waals surface area contributed by atoms with Crippen LogP contribution in [0.2, 0.25) is 0 Å². The van der Waals surface area contributed by atoms with Gasteiger partial charge >= 0.3 is 0 Å². The summed E-state index contributed by atoms with van der Waals surface area (Å²) in [5, 5.41) is 0. The Morgan fingerprint density at radius 2 is 2.04 bits per heavy atom. The van der Waals surface area contributed by atoms with E-state index in [1.165, 1.54) is 12.8 Å². The third-order valence-electron chi connectivity index (χ3n) is 6.20. The zero-order valence-electron chi connectivity index (χ0n) is 15.2. The predicted octanol–water partition coefficient (Wildman–Crippen LogP) is 2.62. The van der Waals surface area contributed by atoms with E-state index in [0.717, 1.165) is 63.9 Å².